The first-order valence-electron chi connectivity index (χ1n) is 16.1. The van der Waals surface area contributed by atoms with Gasteiger partial charge < -0.3 is 30.4 Å². The van der Waals surface area contributed by atoms with Crippen LogP contribution >= 0.6 is 0 Å². The van der Waals surface area contributed by atoms with Crippen molar-refractivity contribution >= 4 is 6.21 Å². The minimum Gasteiger partial charge on any atom is -0.375 e. The molecule has 40 heavy (non-hydrogen) atoms. The van der Waals surface area contributed by atoms with E-state index in [1.165, 1.54) is 32.1 Å². The zero-order valence-electron chi connectivity index (χ0n) is 27.4. The van der Waals surface area contributed by atoms with Gasteiger partial charge in [-0.05, 0) is 125 Å². The van der Waals surface area contributed by atoms with E-state index in [9.17, 15) is 0 Å². The summed E-state index contributed by atoms with van der Waals surface area (Å²) in [5.41, 5.74) is 11.3. The molecule has 0 saturated carbocycles. The summed E-state index contributed by atoms with van der Waals surface area (Å²) in [5.74, 6) is 1.83. The summed E-state index contributed by atoms with van der Waals surface area (Å²) < 4.78 is 22.4. The Hall–Kier alpha value is -0.830. The Morgan fingerprint density at radius 3 is 1.52 bits per heavy atom. The molecule has 0 aromatic heterocycles. The van der Waals surface area contributed by atoms with Crippen LogP contribution in [-0.2, 0) is 18.9 Å². The van der Waals surface area contributed by atoms with Crippen LogP contribution in [0.25, 0.3) is 0 Å². The lowest BCUT2D eigenvalue weighted by Gasteiger charge is -2.32. The van der Waals surface area contributed by atoms with Gasteiger partial charge in [-0.25, -0.2) is 0 Å². The monoisotopic (exact) mass is 567 g/mol. The molecule has 4 heterocycles. The summed E-state index contributed by atoms with van der Waals surface area (Å²) in [6, 6.07) is 0.265. The summed E-state index contributed by atoms with van der Waals surface area (Å²) >= 11 is 0. The maximum atomic E-state index is 5.72. The number of aliphatic imine (C=N–C) groups is 1. The Kier molecular flexibility index (Phi) is 18.7. The number of rotatable bonds is 3. The van der Waals surface area contributed by atoms with E-state index in [1.807, 2.05) is 13.1 Å². The van der Waals surface area contributed by atoms with E-state index in [-0.39, 0.29) is 12.1 Å². The lowest BCUT2D eigenvalue weighted by Crippen LogP contribution is -2.41. The summed E-state index contributed by atoms with van der Waals surface area (Å²) in [7, 11) is 0. The molecule has 4 N–H and O–H groups in total. The van der Waals surface area contributed by atoms with E-state index >= 15 is 0 Å². The largest absolute Gasteiger partial charge is 0.375 e. The van der Waals surface area contributed by atoms with Crippen molar-refractivity contribution in [3.63, 3.8) is 0 Å². The lowest BCUT2D eigenvalue weighted by atomic mass is 9.93. The molecule has 0 aromatic rings. The van der Waals surface area contributed by atoms with Gasteiger partial charge in [-0.3, -0.25) is 4.99 Å². The number of ether oxygens (including phenoxy) is 4. The zero-order valence-corrected chi connectivity index (χ0v) is 27.4. The van der Waals surface area contributed by atoms with Crippen molar-refractivity contribution in [3.05, 3.63) is 12.8 Å². The Morgan fingerprint density at radius 2 is 1.10 bits per heavy atom. The Labute approximate surface area is 247 Å². The molecule has 0 aliphatic carbocycles. The van der Waals surface area contributed by atoms with Crippen LogP contribution in [0.4, 0.5) is 0 Å². The van der Waals surface area contributed by atoms with Gasteiger partial charge in [0.1, 0.15) is 0 Å². The molecular formula is C33H65N3O4. The van der Waals surface area contributed by atoms with Gasteiger partial charge in [-0.15, -0.1) is 0 Å². The first-order valence-corrected chi connectivity index (χ1v) is 16.1. The normalized spacial score (nSPS) is 41.8. The first-order chi connectivity index (χ1) is 18.9. The summed E-state index contributed by atoms with van der Waals surface area (Å²) in [6.45, 7) is 23.5. The molecule has 0 amide bonds. The molecule has 4 rings (SSSR count). The average molecular weight is 568 g/mol. The second kappa shape index (κ2) is 20.1. The zero-order chi connectivity index (χ0) is 30.2. The third-order valence-corrected chi connectivity index (χ3v) is 8.93. The third-order valence-electron chi connectivity index (χ3n) is 8.93. The molecular weight excluding hydrogens is 502 g/mol. The van der Waals surface area contributed by atoms with E-state index in [4.69, 9.17) is 30.4 Å². The van der Waals surface area contributed by atoms with Crippen molar-refractivity contribution in [2.75, 3.05) is 6.54 Å². The van der Waals surface area contributed by atoms with Crippen LogP contribution in [0.2, 0.25) is 0 Å². The fourth-order valence-electron chi connectivity index (χ4n) is 5.60. The highest BCUT2D eigenvalue weighted by atomic mass is 16.5. The van der Waals surface area contributed by atoms with E-state index in [1.54, 1.807) is 6.20 Å². The van der Waals surface area contributed by atoms with Gasteiger partial charge in [-0.2, -0.15) is 0 Å². The molecule has 0 radical (unpaired) electrons. The highest BCUT2D eigenvalue weighted by Crippen LogP contribution is 2.25. The van der Waals surface area contributed by atoms with E-state index in [0.29, 0.717) is 54.6 Å². The quantitative estimate of drug-likeness (QED) is 0.370. The summed E-state index contributed by atoms with van der Waals surface area (Å²) in [6.07, 6.45) is 16.2. The SMILES string of the molecule is C=CN=C[C@H]1CC[C@H](C)O[C@@H]1C.C[C@H]1CC[C@H](C)[C@@H](C)O1.C[C@H]1CC[C@H](CN)[C@@H](C)O1.C[C@H]1CC[C@H](N)[C@@H](C)O1. The fraction of sp³-hybridized carbons (Fsp3) is 0.909. The molecule has 4 fully saturated rings. The van der Waals surface area contributed by atoms with Gasteiger partial charge in [0, 0.05) is 24.4 Å². The molecule has 0 bridgehead atoms. The Bertz CT molecular complexity index is 669. The average Bonchev–Trinajstić information content (AvgIpc) is 2.90. The maximum Gasteiger partial charge on any atom is 0.0701 e. The van der Waals surface area contributed by atoms with E-state index in [0.717, 1.165) is 31.7 Å². The van der Waals surface area contributed by atoms with Gasteiger partial charge in [0.2, 0.25) is 0 Å². The van der Waals surface area contributed by atoms with Crippen LogP contribution in [0.15, 0.2) is 17.8 Å². The second-order valence-corrected chi connectivity index (χ2v) is 12.7. The minimum atomic E-state index is 0.258. The van der Waals surface area contributed by atoms with E-state index in [2.05, 4.69) is 67.0 Å². The highest BCUT2D eigenvalue weighted by Gasteiger charge is 2.25. The smallest absolute Gasteiger partial charge is 0.0701 e. The molecule has 4 aliphatic heterocycles. The molecule has 12 atom stereocenters. The minimum absolute atomic E-state index is 0.258. The van der Waals surface area contributed by atoms with Crippen LogP contribution in [0, 0.1) is 17.8 Å². The van der Waals surface area contributed by atoms with E-state index < -0.39 is 0 Å². The summed E-state index contributed by atoms with van der Waals surface area (Å²) in [5, 5.41) is 0. The molecule has 7 heteroatoms. The van der Waals surface area contributed by atoms with Crippen molar-refractivity contribution in [2.45, 2.75) is 169 Å². The molecule has 4 saturated heterocycles. The first kappa shape index (κ1) is 37.2. The molecule has 7 nitrogen and oxygen atoms in total. The van der Waals surface area contributed by atoms with Gasteiger partial charge >= 0.3 is 0 Å². The number of hydrogen-bond donors (Lipinski definition) is 2. The highest BCUT2D eigenvalue weighted by molar-refractivity contribution is 5.62. The van der Waals surface area contributed by atoms with Crippen LogP contribution in [0.3, 0.4) is 0 Å². The van der Waals surface area contributed by atoms with Crippen LogP contribution in [0.5, 0.6) is 0 Å². The van der Waals surface area contributed by atoms with Crippen LogP contribution in [0.1, 0.15) is 114 Å². The van der Waals surface area contributed by atoms with Crippen molar-refractivity contribution in [3.8, 4) is 0 Å². The van der Waals surface area contributed by atoms with Gasteiger partial charge in [0.15, 0.2) is 0 Å². The number of nitrogens with two attached hydrogens (primary N) is 2. The van der Waals surface area contributed by atoms with Crippen LogP contribution < -0.4 is 11.5 Å². The molecule has 0 spiro atoms. The number of nitrogens with zero attached hydrogens (tertiary/aromatic N) is 1. The summed E-state index contributed by atoms with van der Waals surface area (Å²) in [4.78, 5) is 4.03. The van der Waals surface area contributed by atoms with Crippen molar-refractivity contribution in [2.24, 2.45) is 34.2 Å². The van der Waals surface area contributed by atoms with Crippen molar-refractivity contribution in [1.82, 2.24) is 0 Å². The molecule has 0 unspecified atom stereocenters. The molecule has 236 valence electrons. The number of hydrogen-bond acceptors (Lipinski definition) is 7. The van der Waals surface area contributed by atoms with Crippen molar-refractivity contribution in [1.29, 1.82) is 0 Å². The standard InChI is InChI=1S/C10H17NO.C8H17NO.C8H16O.C7H15NO/c1-4-11-7-10-6-5-8(2)12-9(10)3;1-6-3-4-8(5-9)7(2)10-6;1-6-4-5-7(2)9-8(6)3;1-5-3-4-7(8)6(2)9-5/h4,7-10H,1,5-6H2,2-3H3;6-8H,3-5,9H2,1-2H3;6-8H,4-5H2,1-3H3;5-7H,3-4,8H2,1-2H3/t8-,9+,10+;6-,7+,8+;6-,7-,8+;5-,6+,7-/m0000/s1. The Morgan fingerprint density at radius 1 is 0.625 bits per heavy atom. The van der Waals surface area contributed by atoms with Crippen LogP contribution in [-0.4, -0.2) is 67.6 Å². The van der Waals surface area contributed by atoms with Crippen molar-refractivity contribution < 1.29 is 18.9 Å². The third kappa shape index (κ3) is 14.9. The molecule has 0 aromatic carbocycles. The van der Waals surface area contributed by atoms with Gasteiger partial charge in [0.25, 0.3) is 0 Å². The predicted molar refractivity (Wildman–Crippen MR) is 169 cm³/mol. The predicted octanol–water partition coefficient (Wildman–Crippen LogP) is 6.66. The fourth-order valence-corrected chi connectivity index (χ4v) is 5.60. The van der Waals surface area contributed by atoms with Gasteiger partial charge in [-0.1, -0.05) is 13.5 Å². The Balaban J connectivity index is 0.000000269. The topological polar surface area (TPSA) is 101 Å². The second-order valence-electron chi connectivity index (χ2n) is 12.7. The maximum absolute atomic E-state index is 5.72. The molecule has 4 aliphatic rings. The van der Waals surface area contributed by atoms with Gasteiger partial charge in [0.05, 0.1) is 48.8 Å². The lowest BCUT2D eigenvalue weighted by molar-refractivity contribution is -0.0618.